The molecule has 24 heavy (non-hydrogen) atoms. The third kappa shape index (κ3) is 4.33. The summed E-state index contributed by atoms with van der Waals surface area (Å²) in [5.74, 6) is -0.0993. The van der Waals surface area contributed by atoms with Gasteiger partial charge >= 0.3 is 6.09 Å². The lowest BCUT2D eigenvalue weighted by molar-refractivity contribution is -0.116. The van der Waals surface area contributed by atoms with Crippen LogP contribution < -0.4 is 5.32 Å². The number of benzene rings is 1. The molecule has 1 saturated heterocycles. The van der Waals surface area contributed by atoms with Crippen molar-refractivity contribution in [2.75, 3.05) is 25.0 Å². The van der Waals surface area contributed by atoms with Gasteiger partial charge in [-0.1, -0.05) is 28.1 Å². The highest BCUT2D eigenvalue weighted by atomic mass is 79.9. The quantitative estimate of drug-likeness (QED) is 0.788. The van der Waals surface area contributed by atoms with Gasteiger partial charge in [-0.3, -0.25) is 4.79 Å². The van der Waals surface area contributed by atoms with Gasteiger partial charge in [0.15, 0.2) is 5.13 Å². The number of ether oxygens (including phenoxy) is 1. The van der Waals surface area contributed by atoms with Gasteiger partial charge in [0.2, 0.25) is 5.91 Å². The molecule has 0 atom stereocenters. The number of carbonyl (C=O) groups excluding carboxylic acids is 2. The number of amides is 2. The highest BCUT2D eigenvalue weighted by molar-refractivity contribution is 9.10. The lowest BCUT2D eigenvalue weighted by Gasteiger charge is -2.11. The van der Waals surface area contributed by atoms with Crippen LogP contribution in [0.1, 0.15) is 12.8 Å². The Morgan fingerprint density at radius 3 is 3.08 bits per heavy atom. The van der Waals surface area contributed by atoms with Crippen LogP contribution in [0, 0.1) is 0 Å². The maximum absolute atomic E-state index is 12.0. The Labute approximate surface area is 152 Å². The number of thiazole rings is 1. The van der Waals surface area contributed by atoms with Gasteiger partial charge < -0.3 is 15.0 Å². The molecule has 2 aromatic rings. The third-order valence-electron chi connectivity index (χ3n) is 3.55. The molecule has 2 amide bonds. The van der Waals surface area contributed by atoms with E-state index in [1.807, 2.05) is 29.6 Å². The fourth-order valence-electron chi connectivity index (χ4n) is 2.35. The van der Waals surface area contributed by atoms with Crippen molar-refractivity contribution in [3.05, 3.63) is 34.1 Å². The molecular weight excluding hydrogens is 394 g/mol. The molecule has 1 aliphatic rings. The smallest absolute Gasteiger partial charge is 0.409 e. The van der Waals surface area contributed by atoms with Crippen molar-refractivity contribution >= 4 is 44.4 Å². The Kier molecular flexibility index (Phi) is 5.47. The van der Waals surface area contributed by atoms with Crippen molar-refractivity contribution in [2.24, 2.45) is 0 Å². The van der Waals surface area contributed by atoms with Crippen LogP contribution in [0.5, 0.6) is 0 Å². The lowest BCUT2D eigenvalue weighted by atomic mass is 10.2. The summed E-state index contributed by atoms with van der Waals surface area (Å²) in [4.78, 5) is 29.3. The first-order valence-electron chi connectivity index (χ1n) is 7.55. The predicted octanol–water partition coefficient (Wildman–Crippen LogP) is 3.74. The summed E-state index contributed by atoms with van der Waals surface area (Å²) >= 11 is 4.83. The molecule has 0 saturated carbocycles. The largest absolute Gasteiger partial charge is 0.448 e. The zero-order chi connectivity index (χ0) is 16.9. The average molecular weight is 410 g/mol. The molecule has 1 aromatic carbocycles. The Morgan fingerprint density at radius 2 is 2.33 bits per heavy atom. The van der Waals surface area contributed by atoms with Crippen molar-refractivity contribution in [3.63, 3.8) is 0 Å². The number of aromatic nitrogens is 1. The van der Waals surface area contributed by atoms with Crippen LogP contribution in [0.15, 0.2) is 34.1 Å². The number of nitrogens with zero attached hydrogens (tertiary/aromatic N) is 2. The minimum absolute atomic E-state index is 0.0993. The summed E-state index contributed by atoms with van der Waals surface area (Å²) in [7, 11) is 0. The Hall–Kier alpha value is -1.93. The first-order valence-corrected chi connectivity index (χ1v) is 9.22. The number of rotatable bonds is 6. The fourth-order valence-corrected chi connectivity index (χ4v) is 3.49. The van der Waals surface area contributed by atoms with Crippen LogP contribution in [0.25, 0.3) is 11.3 Å². The molecule has 0 unspecified atom stereocenters. The second kappa shape index (κ2) is 7.76. The Morgan fingerprint density at radius 1 is 1.46 bits per heavy atom. The zero-order valence-corrected chi connectivity index (χ0v) is 15.2. The summed E-state index contributed by atoms with van der Waals surface area (Å²) in [5, 5.41) is 5.30. The number of hydrogen-bond donors (Lipinski definition) is 1. The first kappa shape index (κ1) is 16.9. The van der Waals surface area contributed by atoms with Crippen molar-refractivity contribution in [1.29, 1.82) is 0 Å². The first-order chi connectivity index (χ1) is 11.6. The monoisotopic (exact) mass is 409 g/mol. The van der Waals surface area contributed by atoms with Crippen LogP contribution >= 0.6 is 27.3 Å². The molecule has 0 bridgehead atoms. The van der Waals surface area contributed by atoms with Gasteiger partial charge in [0.05, 0.1) is 12.2 Å². The van der Waals surface area contributed by atoms with E-state index in [0.717, 1.165) is 15.7 Å². The third-order valence-corrected chi connectivity index (χ3v) is 4.80. The maximum Gasteiger partial charge on any atom is 0.409 e. The summed E-state index contributed by atoms with van der Waals surface area (Å²) in [5.41, 5.74) is 1.82. The molecule has 8 heteroatoms. The maximum atomic E-state index is 12.0. The van der Waals surface area contributed by atoms with E-state index in [-0.39, 0.29) is 12.0 Å². The molecule has 0 radical (unpaired) electrons. The highest BCUT2D eigenvalue weighted by Gasteiger charge is 2.21. The van der Waals surface area contributed by atoms with E-state index >= 15 is 0 Å². The molecule has 0 aliphatic carbocycles. The fraction of sp³-hybridized carbons (Fsp3) is 0.312. The van der Waals surface area contributed by atoms with Crippen LogP contribution in [-0.4, -0.2) is 41.6 Å². The molecular formula is C16H16BrN3O3S. The molecule has 1 fully saturated rings. The zero-order valence-electron chi connectivity index (χ0n) is 12.8. The number of nitrogens with one attached hydrogen (secondary N) is 1. The number of carbonyl (C=O) groups is 2. The molecule has 1 aromatic heterocycles. The van der Waals surface area contributed by atoms with Crippen LogP contribution in [-0.2, 0) is 9.53 Å². The van der Waals surface area contributed by atoms with E-state index < -0.39 is 0 Å². The van der Waals surface area contributed by atoms with E-state index in [1.165, 1.54) is 11.3 Å². The standard InChI is InChI=1S/C16H16BrN3O3S/c17-12-4-1-3-11(9-12)13-10-24-15(18-13)19-14(21)5-2-6-20-7-8-23-16(20)22/h1,3-4,9-10H,2,5-8H2,(H,18,19,21). The molecule has 6 nitrogen and oxygen atoms in total. The van der Waals surface area contributed by atoms with Gasteiger partial charge in [-0.2, -0.15) is 0 Å². The van der Waals surface area contributed by atoms with E-state index in [2.05, 4.69) is 26.2 Å². The average Bonchev–Trinajstić information content (AvgIpc) is 3.17. The highest BCUT2D eigenvalue weighted by Crippen LogP contribution is 2.26. The second-order valence-electron chi connectivity index (χ2n) is 5.30. The number of halogens is 1. The lowest BCUT2D eigenvalue weighted by Crippen LogP contribution is -2.26. The van der Waals surface area contributed by atoms with E-state index in [0.29, 0.717) is 37.7 Å². The molecule has 1 N–H and O–H groups in total. The summed E-state index contributed by atoms with van der Waals surface area (Å²) in [6.07, 6.45) is 0.648. The van der Waals surface area contributed by atoms with E-state index in [1.54, 1.807) is 4.90 Å². The minimum atomic E-state index is -0.297. The molecule has 1 aliphatic heterocycles. The minimum Gasteiger partial charge on any atom is -0.448 e. The molecule has 126 valence electrons. The topological polar surface area (TPSA) is 71.5 Å². The van der Waals surface area contributed by atoms with Gasteiger partial charge in [-0.15, -0.1) is 11.3 Å². The molecule has 3 rings (SSSR count). The normalized spacial score (nSPS) is 13.9. The van der Waals surface area contributed by atoms with Gasteiger partial charge in [-0.25, -0.2) is 9.78 Å². The Balaban J connectivity index is 1.49. The predicted molar refractivity (Wildman–Crippen MR) is 96.0 cm³/mol. The van der Waals surface area contributed by atoms with Gasteiger partial charge in [0, 0.05) is 28.4 Å². The number of cyclic esters (lactones) is 1. The number of anilines is 1. The van der Waals surface area contributed by atoms with Crippen LogP contribution in [0.4, 0.5) is 9.93 Å². The van der Waals surface area contributed by atoms with E-state index in [4.69, 9.17) is 4.74 Å². The van der Waals surface area contributed by atoms with Crippen molar-refractivity contribution < 1.29 is 14.3 Å². The van der Waals surface area contributed by atoms with Crippen molar-refractivity contribution in [3.8, 4) is 11.3 Å². The van der Waals surface area contributed by atoms with Crippen LogP contribution in [0.2, 0.25) is 0 Å². The molecule has 2 heterocycles. The van der Waals surface area contributed by atoms with Gasteiger partial charge in [-0.05, 0) is 18.6 Å². The SMILES string of the molecule is O=C(CCCN1CCOC1=O)Nc1nc(-c2cccc(Br)c2)cs1. The van der Waals surface area contributed by atoms with E-state index in [9.17, 15) is 9.59 Å². The summed E-state index contributed by atoms with van der Waals surface area (Å²) in [6, 6.07) is 7.85. The van der Waals surface area contributed by atoms with Crippen molar-refractivity contribution in [2.45, 2.75) is 12.8 Å². The van der Waals surface area contributed by atoms with Gasteiger partial charge in [0.25, 0.3) is 0 Å². The number of hydrogen-bond acceptors (Lipinski definition) is 5. The Bertz CT molecular complexity index is 750. The van der Waals surface area contributed by atoms with Gasteiger partial charge in [0.1, 0.15) is 6.61 Å². The summed E-state index contributed by atoms with van der Waals surface area (Å²) in [6.45, 7) is 1.57. The second-order valence-corrected chi connectivity index (χ2v) is 7.08. The van der Waals surface area contributed by atoms with Crippen molar-refractivity contribution in [1.82, 2.24) is 9.88 Å². The molecule has 0 spiro atoms. The summed E-state index contributed by atoms with van der Waals surface area (Å²) < 4.78 is 5.83. The van der Waals surface area contributed by atoms with Crippen LogP contribution in [0.3, 0.4) is 0 Å².